The molecule has 0 aliphatic rings. The minimum Gasteiger partial charge on any atom is -0.426 e. The summed E-state index contributed by atoms with van der Waals surface area (Å²) in [5.41, 5.74) is 0.639. The number of rotatable bonds is 8. The number of ether oxygens (including phenoxy) is 2. The average Bonchev–Trinajstić information content (AvgIpc) is 2.63. The second kappa shape index (κ2) is 10.2. The lowest BCUT2D eigenvalue weighted by Gasteiger charge is -2.06. The molecular formula is C19H14N2O6. The monoisotopic (exact) mass is 366 g/mol. The summed E-state index contributed by atoms with van der Waals surface area (Å²) < 4.78 is 10.2. The third-order valence-corrected chi connectivity index (χ3v) is 3.21. The van der Waals surface area contributed by atoms with Crippen molar-refractivity contribution in [1.29, 1.82) is 0 Å². The van der Waals surface area contributed by atoms with E-state index in [1.807, 2.05) is 0 Å². The topological polar surface area (TPSA) is 111 Å². The highest BCUT2D eigenvalue weighted by Gasteiger charge is 2.10. The van der Waals surface area contributed by atoms with E-state index >= 15 is 0 Å². The fraction of sp³-hybridized carbons (Fsp3) is 0.158. The molecule has 0 aromatic heterocycles. The summed E-state index contributed by atoms with van der Waals surface area (Å²) in [6.07, 6.45) is 3.04. The zero-order valence-corrected chi connectivity index (χ0v) is 14.1. The van der Waals surface area contributed by atoms with Gasteiger partial charge in [0, 0.05) is 25.0 Å². The zero-order chi connectivity index (χ0) is 19.5. The maximum atomic E-state index is 11.8. The van der Waals surface area contributed by atoms with Crippen molar-refractivity contribution in [3.05, 3.63) is 48.5 Å². The van der Waals surface area contributed by atoms with E-state index in [1.165, 1.54) is 24.3 Å². The second-order valence-electron chi connectivity index (χ2n) is 5.20. The molecule has 0 N–H and O–H groups in total. The summed E-state index contributed by atoms with van der Waals surface area (Å²) in [5, 5.41) is 0. The molecule has 0 fully saturated rings. The normalized spacial score (nSPS) is 9.48. The molecule has 0 saturated heterocycles. The molecule has 0 radical (unpaired) electrons. The number of hydrogen-bond donors (Lipinski definition) is 0. The number of benzene rings is 2. The molecule has 8 nitrogen and oxygen atoms in total. The number of esters is 2. The summed E-state index contributed by atoms with van der Waals surface area (Å²) in [7, 11) is 0. The Kier molecular flexibility index (Phi) is 7.36. The molecule has 0 amide bonds. The van der Waals surface area contributed by atoms with Gasteiger partial charge in [0.1, 0.15) is 11.5 Å². The Hall–Kier alpha value is -3.86. The van der Waals surface area contributed by atoms with Gasteiger partial charge in [-0.25, -0.2) is 9.59 Å². The van der Waals surface area contributed by atoms with Gasteiger partial charge in [-0.15, -0.1) is 0 Å². The van der Waals surface area contributed by atoms with E-state index in [2.05, 4.69) is 9.98 Å². The summed E-state index contributed by atoms with van der Waals surface area (Å²) in [5.74, 6) is -0.576. The lowest BCUT2D eigenvalue weighted by Crippen LogP contribution is -2.11. The minimum absolute atomic E-state index is 0.00571. The first-order valence-electron chi connectivity index (χ1n) is 7.88. The van der Waals surface area contributed by atoms with E-state index in [-0.39, 0.29) is 30.8 Å². The van der Waals surface area contributed by atoms with Crippen LogP contribution in [0, 0.1) is 0 Å². The average molecular weight is 366 g/mol. The molecule has 2 aromatic rings. The molecule has 2 rings (SSSR count). The standard InChI is InChI=1S/C19H14N2O6/c22-12-20-14-4-1-6-16(10-14)26-18(24)8-3-9-19(25)27-17-7-2-5-15(11-17)21-13-23/h1-2,4-7,10-11H,3,8-9H2. The van der Waals surface area contributed by atoms with Gasteiger partial charge >= 0.3 is 11.9 Å². The highest BCUT2D eigenvalue weighted by Crippen LogP contribution is 2.21. The van der Waals surface area contributed by atoms with Crippen LogP contribution in [0.15, 0.2) is 58.5 Å². The Morgan fingerprint density at radius 1 is 0.778 bits per heavy atom. The van der Waals surface area contributed by atoms with Crippen LogP contribution in [0.25, 0.3) is 0 Å². The Labute approximate surface area is 154 Å². The first kappa shape index (κ1) is 19.5. The van der Waals surface area contributed by atoms with Gasteiger partial charge in [0.2, 0.25) is 12.2 Å². The summed E-state index contributed by atoms with van der Waals surface area (Å²) in [4.78, 5) is 50.9. The van der Waals surface area contributed by atoms with Crippen molar-refractivity contribution in [2.24, 2.45) is 9.98 Å². The van der Waals surface area contributed by atoms with Crippen LogP contribution in [0.2, 0.25) is 0 Å². The molecule has 0 heterocycles. The summed E-state index contributed by atoms with van der Waals surface area (Å²) in [6.45, 7) is 0. The first-order valence-corrected chi connectivity index (χ1v) is 7.88. The SMILES string of the molecule is O=C=Nc1cccc(OC(=O)CCCC(=O)Oc2cccc(N=C=O)c2)c1. The molecule has 136 valence electrons. The van der Waals surface area contributed by atoms with Gasteiger partial charge < -0.3 is 9.47 Å². The van der Waals surface area contributed by atoms with E-state index < -0.39 is 11.9 Å². The van der Waals surface area contributed by atoms with Crippen LogP contribution in [0.4, 0.5) is 11.4 Å². The van der Waals surface area contributed by atoms with Crippen molar-refractivity contribution in [3.8, 4) is 11.5 Å². The molecule has 27 heavy (non-hydrogen) atoms. The number of carbonyl (C=O) groups excluding carboxylic acids is 4. The van der Waals surface area contributed by atoms with Crippen molar-refractivity contribution in [3.63, 3.8) is 0 Å². The predicted octanol–water partition coefficient (Wildman–Crippen LogP) is 3.30. The number of isocyanates is 2. The molecule has 0 aliphatic heterocycles. The highest BCUT2D eigenvalue weighted by atomic mass is 16.5. The number of aliphatic imine (C=N–C) groups is 2. The minimum atomic E-state index is -0.530. The van der Waals surface area contributed by atoms with Gasteiger partial charge in [-0.3, -0.25) is 9.59 Å². The second-order valence-corrected chi connectivity index (χ2v) is 5.20. The molecule has 0 aliphatic carbocycles. The molecular weight excluding hydrogens is 352 g/mol. The van der Waals surface area contributed by atoms with Gasteiger partial charge in [0.25, 0.3) is 0 Å². The maximum absolute atomic E-state index is 11.8. The van der Waals surface area contributed by atoms with Crippen LogP contribution in [-0.4, -0.2) is 24.1 Å². The molecule has 0 spiro atoms. The molecule has 0 atom stereocenters. The van der Waals surface area contributed by atoms with Gasteiger partial charge in [0.15, 0.2) is 0 Å². The van der Waals surface area contributed by atoms with Gasteiger partial charge in [0.05, 0.1) is 11.4 Å². The largest absolute Gasteiger partial charge is 0.426 e. The first-order chi connectivity index (χ1) is 13.1. The molecule has 0 bridgehead atoms. The lowest BCUT2D eigenvalue weighted by atomic mass is 10.2. The predicted molar refractivity (Wildman–Crippen MR) is 93.6 cm³/mol. The van der Waals surface area contributed by atoms with Crippen molar-refractivity contribution < 1.29 is 28.7 Å². The van der Waals surface area contributed by atoms with Crippen LogP contribution in [0.1, 0.15) is 19.3 Å². The van der Waals surface area contributed by atoms with Crippen LogP contribution in [0.3, 0.4) is 0 Å². The van der Waals surface area contributed by atoms with E-state index in [0.717, 1.165) is 0 Å². The van der Waals surface area contributed by atoms with Gasteiger partial charge in [-0.1, -0.05) is 12.1 Å². The lowest BCUT2D eigenvalue weighted by molar-refractivity contribution is -0.136. The maximum Gasteiger partial charge on any atom is 0.311 e. The van der Waals surface area contributed by atoms with E-state index in [0.29, 0.717) is 11.4 Å². The quantitative estimate of drug-likeness (QED) is 0.307. The molecule has 0 saturated carbocycles. The Bertz CT molecular complexity index is 852. The Morgan fingerprint density at radius 2 is 1.22 bits per heavy atom. The molecule has 0 unspecified atom stereocenters. The summed E-state index contributed by atoms with van der Waals surface area (Å²) in [6, 6.07) is 12.2. The van der Waals surface area contributed by atoms with E-state index in [9.17, 15) is 19.2 Å². The fourth-order valence-corrected chi connectivity index (χ4v) is 2.08. The molecule has 8 heteroatoms. The Morgan fingerprint density at radius 3 is 1.63 bits per heavy atom. The number of carbonyl (C=O) groups is 2. The zero-order valence-electron chi connectivity index (χ0n) is 14.1. The summed E-state index contributed by atoms with van der Waals surface area (Å²) >= 11 is 0. The van der Waals surface area contributed by atoms with Crippen molar-refractivity contribution in [2.75, 3.05) is 0 Å². The van der Waals surface area contributed by atoms with Crippen molar-refractivity contribution >= 4 is 35.5 Å². The van der Waals surface area contributed by atoms with E-state index in [1.54, 1.807) is 36.4 Å². The van der Waals surface area contributed by atoms with Crippen molar-refractivity contribution in [2.45, 2.75) is 19.3 Å². The van der Waals surface area contributed by atoms with E-state index in [4.69, 9.17) is 9.47 Å². The van der Waals surface area contributed by atoms with Crippen LogP contribution < -0.4 is 9.47 Å². The molecule has 2 aromatic carbocycles. The Balaban J connectivity index is 1.78. The fourth-order valence-electron chi connectivity index (χ4n) is 2.08. The third-order valence-electron chi connectivity index (χ3n) is 3.21. The van der Waals surface area contributed by atoms with Crippen LogP contribution in [-0.2, 0) is 19.2 Å². The highest BCUT2D eigenvalue weighted by molar-refractivity contribution is 5.75. The van der Waals surface area contributed by atoms with Gasteiger partial charge in [-0.2, -0.15) is 9.98 Å². The third kappa shape index (κ3) is 6.88. The van der Waals surface area contributed by atoms with Crippen LogP contribution in [0.5, 0.6) is 11.5 Å². The van der Waals surface area contributed by atoms with Crippen molar-refractivity contribution in [1.82, 2.24) is 0 Å². The number of nitrogens with zero attached hydrogens (tertiary/aromatic N) is 2. The van der Waals surface area contributed by atoms with Gasteiger partial charge in [-0.05, 0) is 30.7 Å². The number of hydrogen-bond acceptors (Lipinski definition) is 8. The van der Waals surface area contributed by atoms with Crippen LogP contribution >= 0.6 is 0 Å². The smallest absolute Gasteiger partial charge is 0.311 e.